The van der Waals surface area contributed by atoms with Crippen LogP contribution in [0.2, 0.25) is 0 Å². The Morgan fingerprint density at radius 1 is 1.35 bits per heavy atom. The molecular weight excluding hydrogens is 258 g/mol. The summed E-state index contributed by atoms with van der Waals surface area (Å²) in [7, 11) is 0. The average Bonchev–Trinajstić information content (AvgIpc) is 3.08. The zero-order chi connectivity index (χ0) is 14.0. The lowest BCUT2D eigenvalue weighted by Gasteiger charge is -2.17. The van der Waals surface area contributed by atoms with Gasteiger partial charge in [0.1, 0.15) is 11.4 Å². The van der Waals surface area contributed by atoms with Crippen LogP contribution in [0.25, 0.3) is 0 Å². The van der Waals surface area contributed by atoms with Crippen molar-refractivity contribution >= 4 is 5.69 Å². The summed E-state index contributed by atoms with van der Waals surface area (Å²) in [4.78, 5) is 4.38. The van der Waals surface area contributed by atoms with E-state index < -0.39 is 5.60 Å². The van der Waals surface area contributed by atoms with Crippen LogP contribution in [0.5, 0.6) is 5.75 Å². The number of hydrogen-bond acceptors (Lipinski definition) is 6. The molecule has 2 N–H and O–H groups in total. The van der Waals surface area contributed by atoms with E-state index in [0.29, 0.717) is 18.3 Å². The van der Waals surface area contributed by atoms with Gasteiger partial charge in [-0.2, -0.15) is 4.98 Å². The van der Waals surface area contributed by atoms with E-state index in [9.17, 15) is 5.11 Å². The molecule has 0 saturated carbocycles. The van der Waals surface area contributed by atoms with Crippen molar-refractivity contribution in [1.29, 1.82) is 0 Å². The van der Waals surface area contributed by atoms with Crippen LogP contribution in [0.3, 0.4) is 0 Å². The van der Waals surface area contributed by atoms with E-state index in [1.165, 1.54) is 0 Å². The highest BCUT2D eigenvalue weighted by molar-refractivity contribution is 5.45. The molecule has 0 aliphatic carbocycles. The van der Waals surface area contributed by atoms with Gasteiger partial charge < -0.3 is 19.7 Å². The predicted molar refractivity (Wildman–Crippen MR) is 72.3 cm³/mol. The maximum Gasteiger partial charge on any atom is 0.246 e. The van der Waals surface area contributed by atoms with E-state index in [2.05, 4.69) is 15.5 Å². The summed E-state index contributed by atoms with van der Waals surface area (Å²) >= 11 is 0. The predicted octanol–water partition coefficient (Wildman–Crippen LogP) is 2.41. The minimum absolute atomic E-state index is 0.238. The zero-order valence-corrected chi connectivity index (χ0v) is 11.3. The number of ether oxygens (including phenoxy) is 1. The fraction of sp³-hybridized carbons (Fsp3) is 0.429. The third-order valence-electron chi connectivity index (χ3n) is 3.47. The molecule has 0 spiro atoms. The number of phenols is 1. The van der Waals surface area contributed by atoms with Crippen molar-refractivity contribution in [2.75, 3.05) is 11.9 Å². The summed E-state index contributed by atoms with van der Waals surface area (Å²) in [6.45, 7) is 3.17. The smallest absolute Gasteiger partial charge is 0.246 e. The zero-order valence-electron chi connectivity index (χ0n) is 11.3. The third kappa shape index (κ3) is 2.60. The van der Waals surface area contributed by atoms with Gasteiger partial charge in [-0.05, 0) is 44.0 Å². The molecule has 20 heavy (non-hydrogen) atoms. The van der Waals surface area contributed by atoms with Gasteiger partial charge in [0.2, 0.25) is 11.7 Å². The highest BCUT2D eigenvalue weighted by atomic mass is 16.5. The van der Waals surface area contributed by atoms with E-state index in [0.717, 1.165) is 25.1 Å². The van der Waals surface area contributed by atoms with Crippen molar-refractivity contribution in [3.63, 3.8) is 0 Å². The summed E-state index contributed by atoms with van der Waals surface area (Å²) in [5.74, 6) is 1.37. The maximum absolute atomic E-state index is 9.21. The molecule has 1 fully saturated rings. The number of phenolic OH excluding ortho intramolecular Hbond substituents is 1. The molecule has 1 unspecified atom stereocenters. The molecule has 1 aromatic carbocycles. The molecule has 2 heterocycles. The number of rotatable bonds is 4. The van der Waals surface area contributed by atoms with E-state index >= 15 is 0 Å². The minimum Gasteiger partial charge on any atom is -0.508 e. The van der Waals surface area contributed by atoms with Gasteiger partial charge in [0.05, 0.1) is 6.54 Å². The molecule has 106 valence electrons. The Labute approximate surface area is 116 Å². The van der Waals surface area contributed by atoms with E-state index in [-0.39, 0.29) is 5.75 Å². The van der Waals surface area contributed by atoms with Crippen molar-refractivity contribution in [1.82, 2.24) is 10.1 Å². The molecule has 1 aliphatic rings. The van der Waals surface area contributed by atoms with Crippen molar-refractivity contribution in [3.8, 4) is 5.75 Å². The Morgan fingerprint density at radius 2 is 2.15 bits per heavy atom. The van der Waals surface area contributed by atoms with E-state index in [4.69, 9.17) is 9.26 Å². The Balaban J connectivity index is 1.64. The van der Waals surface area contributed by atoms with Gasteiger partial charge in [0, 0.05) is 12.3 Å². The Bertz CT molecular complexity index is 574. The second kappa shape index (κ2) is 5.13. The lowest BCUT2D eigenvalue weighted by atomic mass is 10.0. The maximum atomic E-state index is 9.21. The van der Waals surface area contributed by atoms with E-state index in [1.54, 1.807) is 24.3 Å². The van der Waals surface area contributed by atoms with Gasteiger partial charge in [-0.15, -0.1) is 0 Å². The molecule has 1 atom stereocenters. The Morgan fingerprint density at radius 3 is 2.85 bits per heavy atom. The number of nitrogens with zero attached hydrogens (tertiary/aromatic N) is 2. The normalized spacial score (nSPS) is 22.1. The van der Waals surface area contributed by atoms with Gasteiger partial charge in [-0.1, -0.05) is 5.16 Å². The molecule has 1 saturated heterocycles. The number of nitrogens with one attached hydrogen (secondary N) is 1. The lowest BCUT2D eigenvalue weighted by Crippen LogP contribution is -2.21. The molecule has 2 aromatic rings. The van der Waals surface area contributed by atoms with Gasteiger partial charge in [-0.25, -0.2) is 0 Å². The summed E-state index contributed by atoms with van der Waals surface area (Å²) in [6, 6.07) is 6.81. The molecule has 3 rings (SSSR count). The average molecular weight is 275 g/mol. The Kier molecular flexibility index (Phi) is 3.31. The number of anilines is 1. The first kappa shape index (κ1) is 12.9. The monoisotopic (exact) mass is 275 g/mol. The van der Waals surface area contributed by atoms with Crippen LogP contribution in [0, 0.1) is 0 Å². The second-order valence-corrected chi connectivity index (χ2v) is 5.10. The number of aromatic nitrogens is 2. The van der Waals surface area contributed by atoms with Crippen molar-refractivity contribution < 1.29 is 14.4 Å². The van der Waals surface area contributed by atoms with Crippen LogP contribution >= 0.6 is 0 Å². The van der Waals surface area contributed by atoms with Gasteiger partial charge in [0.15, 0.2) is 0 Å². The van der Waals surface area contributed by atoms with E-state index in [1.807, 2.05) is 6.92 Å². The summed E-state index contributed by atoms with van der Waals surface area (Å²) in [5, 5.41) is 16.4. The molecule has 0 bridgehead atoms. The molecule has 1 aliphatic heterocycles. The van der Waals surface area contributed by atoms with Crippen LogP contribution in [-0.4, -0.2) is 21.9 Å². The highest BCUT2D eigenvalue weighted by Crippen LogP contribution is 2.33. The number of hydrogen-bond donors (Lipinski definition) is 2. The molecule has 6 heteroatoms. The molecular formula is C14H17N3O3. The summed E-state index contributed by atoms with van der Waals surface area (Å²) in [5.41, 5.74) is 0.464. The largest absolute Gasteiger partial charge is 0.508 e. The summed E-state index contributed by atoms with van der Waals surface area (Å²) < 4.78 is 10.9. The van der Waals surface area contributed by atoms with Crippen LogP contribution in [0.4, 0.5) is 5.69 Å². The molecule has 6 nitrogen and oxygen atoms in total. The molecule has 0 amide bonds. The third-order valence-corrected chi connectivity index (χ3v) is 3.47. The number of benzene rings is 1. The molecule has 1 aromatic heterocycles. The van der Waals surface area contributed by atoms with Crippen LogP contribution < -0.4 is 5.32 Å². The molecule has 0 radical (unpaired) electrons. The van der Waals surface area contributed by atoms with Gasteiger partial charge >= 0.3 is 0 Å². The number of aromatic hydroxyl groups is 1. The van der Waals surface area contributed by atoms with Crippen LogP contribution in [0.15, 0.2) is 28.8 Å². The van der Waals surface area contributed by atoms with Crippen LogP contribution in [0.1, 0.15) is 31.5 Å². The lowest BCUT2D eigenvalue weighted by molar-refractivity contribution is 0.00768. The van der Waals surface area contributed by atoms with Crippen molar-refractivity contribution in [2.45, 2.75) is 31.9 Å². The second-order valence-electron chi connectivity index (χ2n) is 5.10. The minimum atomic E-state index is -0.416. The van der Waals surface area contributed by atoms with Crippen molar-refractivity contribution in [3.05, 3.63) is 36.0 Å². The fourth-order valence-corrected chi connectivity index (χ4v) is 2.25. The standard InChI is InChI=1S/C14H17N3O3/c1-14(7-2-8-19-14)13-16-12(20-17-13)9-15-10-3-5-11(18)6-4-10/h3-6,15,18H,2,7-9H2,1H3. The topological polar surface area (TPSA) is 80.4 Å². The SMILES string of the molecule is CC1(c2noc(CNc3ccc(O)cc3)n2)CCCO1. The van der Waals surface area contributed by atoms with Gasteiger partial charge in [0.25, 0.3) is 0 Å². The highest BCUT2D eigenvalue weighted by Gasteiger charge is 2.36. The van der Waals surface area contributed by atoms with Crippen LogP contribution in [-0.2, 0) is 16.9 Å². The quantitative estimate of drug-likeness (QED) is 0.834. The van der Waals surface area contributed by atoms with Gasteiger partial charge in [-0.3, -0.25) is 0 Å². The summed E-state index contributed by atoms with van der Waals surface area (Å²) in [6.07, 6.45) is 1.93. The van der Waals surface area contributed by atoms with Crippen molar-refractivity contribution in [2.24, 2.45) is 0 Å². The first-order valence-electron chi connectivity index (χ1n) is 6.66. The first-order chi connectivity index (χ1) is 9.66. The fourth-order valence-electron chi connectivity index (χ4n) is 2.25. The first-order valence-corrected chi connectivity index (χ1v) is 6.66. The Hall–Kier alpha value is -2.08.